The Morgan fingerprint density at radius 3 is 2.53 bits per heavy atom. The van der Waals surface area contributed by atoms with Crippen molar-refractivity contribution >= 4 is 23.2 Å². The highest BCUT2D eigenvalue weighted by atomic mass is 35.5. The molecule has 1 aromatic heterocycles. The van der Waals surface area contributed by atoms with E-state index < -0.39 is 11.7 Å². The van der Waals surface area contributed by atoms with Crippen LogP contribution in [0, 0.1) is 18.4 Å². The van der Waals surface area contributed by atoms with Gasteiger partial charge in [0, 0.05) is 17.3 Å². The number of hydrogen-bond acceptors (Lipinski definition) is 4. The Morgan fingerprint density at radius 2 is 1.88 bits per heavy atom. The van der Waals surface area contributed by atoms with Gasteiger partial charge in [0.1, 0.15) is 5.82 Å². The number of nitrogens with one attached hydrogen (secondary N) is 1. The van der Waals surface area contributed by atoms with E-state index in [4.69, 9.17) is 11.6 Å². The van der Waals surface area contributed by atoms with Gasteiger partial charge in [0.25, 0.3) is 0 Å². The molecule has 7 nitrogen and oxygen atoms in total. The minimum Gasteiger partial charge on any atom is -0.332 e. The summed E-state index contributed by atoms with van der Waals surface area (Å²) in [6, 6.07) is 11.9. The van der Waals surface area contributed by atoms with Crippen LogP contribution in [0.15, 0.2) is 53.5 Å². The number of halogens is 4. The second kappa shape index (κ2) is 9.73. The number of aromatic nitrogens is 3. The smallest absolute Gasteiger partial charge is 0.332 e. The molecular formula is C23H21ClF3N7. The third kappa shape index (κ3) is 5.15. The van der Waals surface area contributed by atoms with Crippen LogP contribution < -0.4 is 5.32 Å². The van der Waals surface area contributed by atoms with E-state index in [1.54, 1.807) is 6.19 Å². The summed E-state index contributed by atoms with van der Waals surface area (Å²) in [6.45, 7) is 3.02. The van der Waals surface area contributed by atoms with Gasteiger partial charge >= 0.3 is 6.18 Å². The number of aryl methyl sites for hydroxylation is 1. The van der Waals surface area contributed by atoms with E-state index in [0.29, 0.717) is 23.8 Å². The summed E-state index contributed by atoms with van der Waals surface area (Å²) in [5.74, 6) is 1.72. The zero-order chi connectivity index (χ0) is 24.3. The Morgan fingerprint density at radius 1 is 1.18 bits per heavy atom. The maximum absolute atomic E-state index is 12.9. The first kappa shape index (κ1) is 23.6. The molecule has 1 saturated heterocycles. The molecule has 2 aromatic carbocycles. The Hall–Kier alpha value is -3.58. The van der Waals surface area contributed by atoms with Crippen molar-refractivity contribution in [2.75, 3.05) is 11.9 Å². The molecule has 0 aliphatic carbocycles. The number of nitrogens with zero attached hydrogens (tertiary/aromatic N) is 6. The molecule has 2 heterocycles. The fourth-order valence-electron chi connectivity index (χ4n) is 3.98. The van der Waals surface area contributed by atoms with Gasteiger partial charge in [-0.1, -0.05) is 23.7 Å². The SMILES string of the molecule is Cc1nnc([C@H]2CCCN2C(=NC#N)Nc2ccc(C(F)(F)F)cc2)n1Cc1ccc(Cl)cc1. The standard InChI is InChI=1S/C23H21ClF3N7/c1-15-31-32-21(34(15)13-16-4-8-18(24)9-5-16)20-3-2-12-33(20)22(29-14-28)30-19-10-6-17(7-11-19)23(25,26)27/h4-11,20H,2-3,12-13H2,1H3,(H,29,30)/t20-/m1/s1. The number of anilines is 1. The summed E-state index contributed by atoms with van der Waals surface area (Å²) in [7, 11) is 0. The maximum atomic E-state index is 12.9. The largest absolute Gasteiger partial charge is 0.416 e. The Balaban J connectivity index is 1.59. The molecule has 0 spiro atoms. The molecule has 0 unspecified atom stereocenters. The second-order valence-electron chi connectivity index (χ2n) is 7.90. The van der Waals surface area contributed by atoms with Crippen molar-refractivity contribution in [2.45, 2.75) is 38.5 Å². The van der Waals surface area contributed by atoms with Crippen LogP contribution in [0.4, 0.5) is 18.9 Å². The number of aliphatic imine (C=N–C) groups is 1. The summed E-state index contributed by atoms with van der Waals surface area (Å²) >= 11 is 6.00. The molecule has 11 heteroatoms. The van der Waals surface area contributed by atoms with Crippen molar-refractivity contribution in [3.05, 3.63) is 76.3 Å². The molecule has 3 aromatic rings. The Labute approximate surface area is 199 Å². The van der Waals surface area contributed by atoms with Crippen LogP contribution >= 0.6 is 11.6 Å². The number of likely N-dealkylation sites (tertiary alicyclic amines) is 1. The molecule has 34 heavy (non-hydrogen) atoms. The zero-order valence-corrected chi connectivity index (χ0v) is 19.0. The topological polar surface area (TPSA) is 82.1 Å². The highest BCUT2D eigenvalue weighted by molar-refractivity contribution is 6.30. The molecule has 1 fully saturated rings. The predicted octanol–water partition coefficient (Wildman–Crippen LogP) is 5.39. The van der Waals surface area contributed by atoms with Gasteiger partial charge in [0.05, 0.1) is 18.2 Å². The maximum Gasteiger partial charge on any atom is 0.416 e. The van der Waals surface area contributed by atoms with Gasteiger partial charge in [0.15, 0.2) is 5.82 Å². The highest BCUT2D eigenvalue weighted by Crippen LogP contribution is 2.33. The van der Waals surface area contributed by atoms with Gasteiger partial charge < -0.3 is 14.8 Å². The van der Waals surface area contributed by atoms with Crippen molar-refractivity contribution in [3.8, 4) is 6.19 Å². The number of hydrogen-bond donors (Lipinski definition) is 1. The third-order valence-corrected chi connectivity index (χ3v) is 5.92. The monoisotopic (exact) mass is 487 g/mol. The van der Waals surface area contributed by atoms with Crippen molar-refractivity contribution in [1.82, 2.24) is 19.7 Å². The minimum absolute atomic E-state index is 0.206. The number of rotatable bonds is 4. The van der Waals surface area contributed by atoms with E-state index >= 15 is 0 Å². The van der Waals surface area contributed by atoms with Gasteiger partial charge in [-0.15, -0.1) is 15.2 Å². The lowest BCUT2D eigenvalue weighted by Crippen LogP contribution is -2.37. The van der Waals surface area contributed by atoms with Crippen LogP contribution in [-0.2, 0) is 12.7 Å². The van der Waals surface area contributed by atoms with Crippen LogP contribution in [0.5, 0.6) is 0 Å². The van der Waals surface area contributed by atoms with Gasteiger partial charge in [0.2, 0.25) is 12.2 Å². The lowest BCUT2D eigenvalue weighted by molar-refractivity contribution is -0.137. The summed E-state index contributed by atoms with van der Waals surface area (Å²) in [4.78, 5) is 5.83. The van der Waals surface area contributed by atoms with Crippen LogP contribution in [0.2, 0.25) is 5.02 Å². The first-order valence-corrected chi connectivity index (χ1v) is 11.0. The van der Waals surface area contributed by atoms with Crippen LogP contribution in [0.3, 0.4) is 0 Å². The highest BCUT2D eigenvalue weighted by Gasteiger charge is 2.34. The Kier molecular flexibility index (Phi) is 6.75. The molecule has 0 saturated carbocycles. The van der Waals surface area contributed by atoms with E-state index in [0.717, 1.165) is 42.2 Å². The van der Waals surface area contributed by atoms with E-state index in [1.165, 1.54) is 12.1 Å². The summed E-state index contributed by atoms with van der Waals surface area (Å²) in [5, 5.41) is 21.6. The average molecular weight is 488 g/mol. The van der Waals surface area contributed by atoms with E-state index in [-0.39, 0.29) is 12.0 Å². The quantitative estimate of drug-likeness (QED) is 0.303. The lowest BCUT2D eigenvalue weighted by Gasteiger charge is -2.27. The van der Waals surface area contributed by atoms with Crippen LogP contribution in [0.25, 0.3) is 0 Å². The molecule has 1 aliphatic heterocycles. The fraction of sp³-hybridized carbons (Fsp3) is 0.304. The van der Waals surface area contributed by atoms with E-state index in [1.807, 2.05) is 40.7 Å². The normalized spacial score (nSPS) is 16.5. The molecular weight excluding hydrogens is 467 g/mol. The number of benzene rings is 2. The predicted molar refractivity (Wildman–Crippen MR) is 122 cm³/mol. The van der Waals surface area contributed by atoms with Crippen molar-refractivity contribution in [3.63, 3.8) is 0 Å². The number of guanidine groups is 1. The van der Waals surface area contributed by atoms with Crippen molar-refractivity contribution < 1.29 is 13.2 Å². The van der Waals surface area contributed by atoms with E-state index in [9.17, 15) is 18.4 Å². The first-order chi connectivity index (χ1) is 16.3. The van der Waals surface area contributed by atoms with Crippen molar-refractivity contribution in [1.29, 1.82) is 5.26 Å². The summed E-state index contributed by atoms with van der Waals surface area (Å²) in [5.41, 5.74) is 0.681. The van der Waals surface area contributed by atoms with Crippen LogP contribution in [-0.4, -0.2) is 32.2 Å². The Bertz CT molecular complexity index is 1210. The van der Waals surface area contributed by atoms with Gasteiger partial charge in [-0.05, 0) is 61.7 Å². The van der Waals surface area contributed by atoms with Gasteiger partial charge in [-0.2, -0.15) is 18.4 Å². The third-order valence-electron chi connectivity index (χ3n) is 5.67. The fourth-order valence-corrected chi connectivity index (χ4v) is 4.11. The molecule has 176 valence electrons. The minimum atomic E-state index is -4.42. The number of alkyl halides is 3. The van der Waals surface area contributed by atoms with Crippen LogP contribution in [0.1, 0.15) is 41.7 Å². The summed E-state index contributed by atoms with van der Waals surface area (Å²) < 4.78 is 40.7. The van der Waals surface area contributed by atoms with Gasteiger partial charge in [-0.3, -0.25) is 0 Å². The van der Waals surface area contributed by atoms with Gasteiger partial charge in [-0.25, -0.2) is 0 Å². The van der Waals surface area contributed by atoms with Crippen molar-refractivity contribution in [2.24, 2.45) is 4.99 Å². The molecule has 4 rings (SSSR count). The molecule has 1 aliphatic rings. The molecule has 0 amide bonds. The molecule has 1 atom stereocenters. The summed E-state index contributed by atoms with van der Waals surface area (Å²) in [6.07, 6.45) is -1.04. The molecule has 0 radical (unpaired) electrons. The average Bonchev–Trinajstić information content (AvgIpc) is 3.42. The molecule has 0 bridgehead atoms. The second-order valence-corrected chi connectivity index (χ2v) is 8.34. The number of nitriles is 1. The first-order valence-electron chi connectivity index (χ1n) is 10.6. The van der Waals surface area contributed by atoms with E-state index in [2.05, 4.69) is 20.5 Å². The lowest BCUT2D eigenvalue weighted by atomic mass is 10.2. The zero-order valence-electron chi connectivity index (χ0n) is 18.2. The molecule has 1 N–H and O–H groups in total.